The van der Waals surface area contributed by atoms with E-state index in [9.17, 15) is 4.79 Å². The summed E-state index contributed by atoms with van der Waals surface area (Å²) in [7, 11) is 2.18. The number of nitrogens with zero attached hydrogens (tertiary/aromatic N) is 1. The Labute approximate surface area is 128 Å². The monoisotopic (exact) mass is 311 g/mol. The highest BCUT2D eigenvalue weighted by molar-refractivity contribution is 5.85. The van der Waals surface area contributed by atoms with E-state index < -0.39 is 0 Å². The molecule has 1 unspecified atom stereocenters. The molecule has 2 aliphatic rings. The van der Waals surface area contributed by atoms with E-state index in [0.29, 0.717) is 0 Å². The molecule has 0 aromatic heterocycles. The van der Waals surface area contributed by atoms with Gasteiger partial charge in [0.1, 0.15) is 0 Å². The van der Waals surface area contributed by atoms with E-state index in [-0.39, 0.29) is 36.8 Å². The van der Waals surface area contributed by atoms with Crippen LogP contribution in [0.4, 0.5) is 0 Å². The van der Waals surface area contributed by atoms with Crippen LogP contribution >= 0.6 is 24.8 Å². The quantitative estimate of drug-likeness (QED) is 0.825. The van der Waals surface area contributed by atoms with Gasteiger partial charge in [0.05, 0.1) is 6.04 Å². The summed E-state index contributed by atoms with van der Waals surface area (Å²) >= 11 is 0. The summed E-state index contributed by atoms with van der Waals surface area (Å²) in [6.45, 7) is 4.27. The first-order valence-corrected chi connectivity index (χ1v) is 6.95. The molecule has 0 spiro atoms. The number of likely N-dealkylation sites (tertiary alicyclic amines) is 1. The van der Waals surface area contributed by atoms with Crippen LogP contribution in [0.15, 0.2) is 0 Å². The highest BCUT2D eigenvalue weighted by Crippen LogP contribution is 2.18. The van der Waals surface area contributed by atoms with Crippen molar-refractivity contribution < 1.29 is 4.79 Å². The fraction of sp³-hybridized carbons (Fsp3) is 0.923. The second-order valence-electron chi connectivity index (χ2n) is 5.48. The number of hydrogen-bond acceptors (Lipinski definition) is 3. The Morgan fingerprint density at radius 3 is 2.53 bits per heavy atom. The molecule has 0 aromatic carbocycles. The molecule has 2 saturated heterocycles. The zero-order valence-electron chi connectivity index (χ0n) is 11.7. The lowest BCUT2D eigenvalue weighted by molar-refractivity contribution is -0.122. The summed E-state index contributed by atoms with van der Waals surface area (Å²) in [5, 5.41) is 6.30. The summed E-state index contributed by atoms with van der Waals surface area (Å²) in [6, 6.07) is 0.0764. The van der Waals surface area contributed by atoms with Crippen molar-refractivity contribution in [1.82, 2.24) is 15.5 Å². The number of piperidine rings is 1. The van der Waals surface area contributed by atoms with Crippen molar-refractivity contribution in [2.24, 2.45) is 5.92 Å². The van der Waals surface area contributed by atoms with Crippen LogP contribution in [-0.2, 0) is 4.79 Å². The minimum Gasteiger partial charge on any atom is -0.355 e. The third-order valence-electron chi connectivity index (χ3n) is 4.07. The Morgan fingerprint density at radius 2 is 1.95 bits per heavy atom. The molecule has 6 heteroatoms. The topological polar surface area (TPSA) is 44.4 Å². The summed E-state index contributed by atoms with van der Waals surface area (Å²) in [4.78, 5) is 14.1. The van der Waals surface area contributed by atoms with Crippen molar-refractivity contribution >= 4 is 30.7 Å². The third kappa shape index (κ3) is 6.30. The largest absolute Gasteiger partial charge is 0.355 e. The van der Waals surface area contributed by atoms with Crippen molar-refractivity contribution in [3.63, 3.8) is 0 Å². The Bertz CT molecular complexity index is 252. The van der Waals surface area contributed by atoms with Gasteiger partial charge in [-0.3, -0.25) is 4.79 Å². The van der Waals surface area contributed by atoms with Crippen LogP contribution < -0.4 is 10.6 Å². The Hall–Kier alpha value is -0.0300. The van der Waals surface area contributed by atoms with Crippen molar-refractivity contribution in [3.8, 4) is 0 Å². The van der Waals surface area contributed by atoms with Gasteiger partial charge in [0.15, 0.2) is 0 Å². The predicted molar refractivity (Wildman–Crippen MR) is 83.4 cm³/mol. The number of carbonyl (C=O) groups is 1. The van der Waals surface area contributed by atoms with Crippen LogP contribution in [0, 0.1) is 5.92 Å². The SMILES string of the molecule is CN1CCC(CCNC(=O)C2CCCN2)CC1.Cl.Cl. The molecule has 0 radical (unpaired) electrons. The van der Waals surface area contributed by atoms with Crippen LogP contribution in [0.25, 0.3) is 0 Å². The number of hydrogen-bond donors (Lipinski definition) is 2. The number of carbonyl (C=O) groups excluding carboxylic acids is 1. The van der Waals surface area contributed by atoms with Gasteiger partial charge >= 0.3 is 0 Å². The molecular formula is C13H27Cl2N3O. The van der Waals surface area contributed by atoms with Crippen LogP contribution in [0.1, 0.15) is 32.1 Å². The summed E-state index contributed by atoms with van der Waals surface area (Å²) in [6.07, 6.45) is 5.85. The van der Waals surface area contributed by atoms with Crippen LogP contribution in [0.3, 0.4) is 0 Å². The molecule has 0 saturated carbocycles. The van der Waals surface area contributed by atoms with Crippen LogP contribution in [-0.4, -0.2) is 50.1 Å². The molecule has 0 bridgehead atoms. The second kappa shape index (κ2) is 9.81. The standard InChI is InChI=1S/C13H25N3O.2ClH/c1-16-9-5-11(6-10-16)4-8-15-13(17)12-3-2-7-14-12;;/h11-12,14H,2-10H2,1H3,(H,15,17);2*1H. The van der Waals surface area contributed by atoms with E-state index in [1.54, 1.807) is 0 Å². The van der Waals surface area contributed by atoms with E-state index in [0.717, 1.165) is 38.3 Å². The van der Waals surface area contributed by atoms with Gasteiger partial charge < -0.3 is 15.5 Å². The van der Waals surface area contributed by atoms with Gasteiger partial charge in [0.2, 0.25) is 5.91 Å². The molecule has 114 valence electrons. The molecular weight excluding hydrogens is 285 g/mol. The van der Waals surface area contributed by atoms with Crippen LogP contribution in [0.5, 0.6) is 0 Å². The minimum atomic E-state index is 0. The molecule has 0 aromatic rings. The van der Waals surface area contributed by atoms with Gasteiger partial charge in [-0.2, -0.15) is 0 Å². The van der Waals surface area contributed by atoms with Gasteiger partial charge in [-0.15, -0.1) is 24.8 Å². The van der Waals surface area contributed by atoms with E-state index in [1.807, 2.05) is 0 Å². The Kier molecular flexibility index (Phi) is 9.79. The van der Waals surface area contributed by atoms with Gasteiger partial charge in [-0.25, -0.2) is 0 Å². The fourth-order valence-electron chi connectivity index (χ4n) is 2.78. The number of halogens is 2. The van der Waals surface area contributed by atoms with Gasteiger partial charge in [-0.1, -0.05) is 0 Å². The highest BCUT2D eigenvalue weighted by Gasteiger charge is 2.22. The lowest BCUT2D eigenvalue weighted by atomic mass is 9.94. The summed E-state index contributed by atoms with van der Waals surface area (Å²) in [5.41, 5.74) is 0. The average Bonchev–Trinajstić information content (AvgIpc) is 2.85. The maximum absolute atomic E-state index is 11.8. The molecule has 2 rings (SSSR count). The summed E-state index contributed by atoms with van der Waals surface area (Å²) in [5.74, 6) is 1.01. The zero-order valence-corrected chi connectivity index (χ0v) is 13.3. The van der Waals surface area contributed by atoms with Crippen molar-refractivity contribution in [3.05, 3.63) is 0 Å². The lowest BCUT2D eigenvalue weighted by Gasteiger charge is -2.29. The number of nitrogens with one attached hydrogen (secondary N) is 2. The third-order valence-corrected chi connectivity index (χ3v) is 4.07. The van der Waals surface area contributed by atoms with Crippen LogP contribution in [0.2, 0.25) is 0 Å². The molecule has 2 aliphatic heterocycles. The summed E-state index contributed by atoms with van der Waals surface area (Å²) < 4.78 is 0. The first kappa shape index (κ1) is 19.0. The highest BCUT2D eigenvalue weighted by atomic mass is 35.5. The molecule has 2 fully saturated rings. The molecule has 4 nitrogen and oxygen atoms in total. The molecule has 19 heavy (non-hydrogen) atoms. The maximum atomic E-state index is 11.8. The van der Waals surface area contributed by atoms with Crippen molar-refractivity contribution in [2.45, 2.75) is 38.1 Å². The Balaban J connectivity index is 0.00000162. The molecule has 1 amide bonds. The number of amides is 1. The molecule has 0 aliphatic carbocycles. The predicted octanol–water partition coefficient (Wildman–Crippen LogP) is 1.43. The minimum absolute atomic E-state index is 0. The van der Waals surface area contributed by atoms with E-state index in [4.69, 9.17) is 0 Å². The number of rotatable bonds is 4. The zero-order chi connectivity index (χ0) is 12.1. The van der Waals surface area contributed by atoms with Crippen molar-refractivity contribution in [1.29, 1.82) is 0 Å². The van der Waals surface area contributed by atoms with Gasteiger partial charge in [0, 0.05) is 6.54 Å². The smallest absolute Gasteiger partial charge is 0.237 e. The molecule has 2 N–H and O–H groups in total. The van der Waals surface area contributed by atoms with E-state index >= 15 is 0 Å². The van der Waals surface area contributed by atoms with Crippen molar-refractivity contribution in [2.75, 3.05) is 33.2 Å². The Morgan fingerprint density at radius 1 is 1.26 bits per heavy atom. The first-order valence-electron chi connectivity index (χ1n) is 6.95. The van der Waals surface area contributed by atoms with E-state index in [2.05, 4.69) is 22.6 Å². The normalized spacial score (nSPS) is 24.4. The van der Waals surface area contributed by atoms with Gasteiger partial charge in [-0.05, 0) is 64.7 Å². The lowest BCUT2D eigenvalue weighted by Crippen LogP contribution is -2.41. The van der Waals surface area contributed by atoms with E-state index in [1.165, 1.54) is 25.9 Å². The fourth-order valence-corrected chi connectivity index (χ4v) is 2.78. The second-order valence-corrected chi connectivity index (χ2v) is 5.48. The average molecular weight is 312 g/mol. The molecule has 1 atom stereocenters. The first-order chi connectivity index (χ1) is 8.25. The maximum Gasteiger partial charge on any atom is 0.237 e. The van der Waals surface area contributed by atoms with Gasteiger partial charge in [0.25, 0.3) is 0 Å². The molecule has 2 heterocycles.